The number of thiophene rings is 1. The van der Waals surface area contributed by atoms with Crippen molar-refractivity contribution in [3.63, 3.8) is 0 Å². The van der Waals surface area contributed by atoms with Crippen LogP contribution in [0.3, 0.4) is 0 Å². The second kappa shape index (κ2) is 5.43. The van der Waals surface area contributed by atoms with Crippen LogP contribution in [0.2, 0.25) is 0 Å². The molecule has 1 fully saturated rings. The Bertz CT molecular complexity index is 521. The first-order valence-electron chi connectivity index (χ1n) is 6.70. The van der Waals surface area contributed by atoms with Gasteiger partial charge in [-0.2, -0.15) is 4.98 Å². The maximum atomic E-state index is 5.77. The summed E-state index contributed by atoms with van der Waals surface area (Å²) >= 11 is 1.72. The quantitative estimate of drug-likeness (QED) is 0.861. The molecule has 0 saturated carbocycles. The van der Waals surface area contributed by atoms with Crippen molar-refractivity contribution in [3.8, 4) is 0 Å². The van der Waals surface area contributed by atoms with E-state index in [0.717, 1.165) is 31.2 Å². The van der Waals surface area contributed by atoms with E-state index in [1.807, 2.05) is 6.07 Å². The number of rotatable bonds is 4. The highest BCUT2D eigenvalue weighted by Crippen LogP contribution is 2.34. The van der Waals surface area contributed by atoms with E-state index < -0.39 is 0 Å². The number of hydrogen-bond donors (Lipinski definition) is 0. The van der Waals surface area contributed by atoms with Crippen LogP contribution >= 0.6 is 11.3 Å². The van der Waals surface area contributed by atoms with Gasteiger partial charge in [-0.15, -0.1) is 11.3 Å². The Labute approximate surface area is 116 Å². The second-order valence-corrected chi connectivity index (χ2v) is 6.31. The standard InChI is InChI=1S/C14H18N2O2S/c1-9(2)13-11(5-6-17-13)14-15-12(16-18-14)8-10-4-3-7-19-10/h3-4,7,9,11,13H,5-6,8H2,1-2H3. The Hall–Kier alpha value is -1.20. The van der Waals surface area contributed by atoms with Crippen LogP contribution in [-0.2, 0) is 11.2 Å². The van der Waals surface area contributed by atoms with Crippen molar-refractivity contribution in [2.24, 2.45) is 5.92 Å². The lowest BCUT2D eigenvalue weighted by molar-refractivity contribution is 0.0627. The van der Waals surface area contributed by atoms with E-state index in [-0.39, 0.29) is 12.0 Å². The zero-order chi connectivity index (χ0) is 13.2. The van der Waals surface area contributed by atoms with Gasteiger partial charge in [-0.05, 0) is 23.8 Å². The monoisotopic (exact) mass is 278 g/mol. The summed E-state index contributed by atoms with van der Waals surface area (Å²) in [5, 5.41) is 6.16. The van der Waals surface area contributed by atoms with Gasteiger partial charge in [-0.25, -0.2) is 0 Å². The first-order chi connectivity index (χ1) is 9.24. The topological polar surface area (TPSA) is 48.2 Å². The molecule has 0 spiro atoms. The Morgan fingerprint density at radius 3 is 3.11 bits per heavy atom. The van der Waals surface area contributed by atoms with E-state index in [9.17, 15) is 0 Å². The molecule has 0 aliphatic carbocycles. The van der Waals surface area contributed by atoms with Crippen LogP contribution < -0.4 is 0 Å². The van der Waals surface area contributed by atoms with E-state index >= 15 is 0 Å². The van der Waals surface area contributed by atoms with Gasteiger partial charge in [0, 0.05) is 17.9 Å². The van der Waals surface area contributed by atoms with Crippen LogP contribution in [-0.4, -0.2) is 22.9 Å². The lowest BCUT2D eigenvalue weighted by Crippen LogP contribution is -2.21. The van der Waals surface area contributed by atoms with Crippen LogP contribution in [0, 0.1) is 5.92 Å². The van der Waals surface area contributed by atoms with E-state index in [4.69, 9.17) is 9.26 Å². The molecule has 5 heteroatoms. The van der Waals surface area contributed by atoms with Gasteiger partial charge in [0.2, 0.25) is 5.89 Å². The summed E-state index contributed by atoms with van der Waals surface area (Å²) in [6.07, 6.45) is 1.93. The molecule has 3 heterocycles. The molecule has 0 N–H and O–H groups in total. The molecule has 1 aliphatic rings. The summed E-state index contributed by atoms with van der Waals surface area (Å²) in [5.74, 6) is 2.24. The molecule has 3 rings (SSSR count). The molecule has 4 nitrogen and oxygen atoms in total. The highest BCUT2D eigenvalue weighted by atomic mass is 32.1. The molecule has 0 radical (unpaired) electrons. The fourth-order valence-corrected chi connectivity index (χ4v) is 3.29. The minimum atomic E-state index is 0.204. The van der Waals surface area contributed by atoms with E-state index in [0.29, 0.717) is 5.92 Å². The van der Waals surface area contributed by atoms with E-state index in [1.54, 1.807) is 11.3 Å². The minimum absolute atomic E-state index is 0.204. The first-order valence-corrected chi connectivity index (χ1v) is 7.58. The van der Waals surface area contributed by atoms with Crippen molar-refractivity contribution in [1.29, 1.82) is 0 Å². The second-order valence-electron chi connectivity index (χ2n) is 5.28. The van der Waals surface area contributed by atoms with Crippen molar-refractivity contribution in [2.45, 2.75) is 38.7 Å². The molecule has 1 aliphatic heterocycles. The molecule has 0 aromatic carbocycles. The molecule has 2 aromatic rings. The Kier molecular flexibility index (Phi) is 3.66. The number of nitrogens with zero attached hydrogens (tertiary/aromatic N) is 2. The summed E-state index contributed by atoms with van der Waals surface area (Å²) in [4.78, 5) is 5.81. The summed E-state index contributed by atoms with van der Waals surface area (Å²) in [6.45, 7) is 5.13. The summed E-state index contributed by atoms with van der Waals surface area (Å²) < 4.78 is 11.2. The predicted octanol–water partition coefficient (Wildman–Crippen LogP) is 3.25. The van der Waals surface area contributed by atoms with Crippen molar-refractivity contribution in [2.75, 3.05) is 6.61 Å². The van der Waals surface area contributed by atoms with Gasteiger partial charge in [-0.3, -0.25) is 0 Å². The summed E-state index contributed by atoms with van der Waals surface area (Å²) in [5.41, 5.74) is 0. The van der Waals surface area contributed by atoms with Crippen LogP contribution in [0.5, 0.6) is 0 Å². The predicted molar refractivity (Wildman–Crippen MR) is 73.4 cm³/mol. The van der Waals surface area contributed by atoms with Crippen LogP contribution in [0.25, 0.3) is 0 Å². The van der Waals surface area contributed by atoms with Crippen LogP contribution in [0.1, 0.15) is 42.8 Å². The van der Waals surface area contributed by atoms with Gasteiger partial charge in [-0.1, -0.05) is 25.1 Å². The molecule has 0 amide bonds. The highest BCUT2D eigenvalue weighted by Gasteiger charge is 2.35. The van der Waals surface area contributed by atoms with Gasteiger partial charge in [0.15, 0.2) is 5.82 Å². The SMILES string of the molecule is CC(C)C1OCCC1c1nc(Cc2cccs2)no1. The van der Waals surface area contributed by atoms with Crippen LogP contribution in [0.4, 0.5) is 0 Å². The third kappa shape index (κ3) is 2.72. The third-order valence-corrected chi connectivity index (χ3v) is 4.38. The third-order valence-electron chi connectivity index (χ3n) is 3.51. The molecule has 0 bridgehead atoms. The summed E-state index contributed by atoms with van der Waals surface area (Å²) in [6, 6.07) is 4.14. The molecule has 19 heavy (non-hydrogen) atoms. The first kappa shape index (κ1) is 12.8. The van der Waals surface area contributed by atoms with Crippen LogP contribution in [0.15, 0.2) is 22.0 Å². The molecule has 2 atom stereocenters. The van der Waals surface area contributed by atoms with Crippen molar-refractivity contribution in [1.82, 2.24) is 10.1 Å². The summed E-state index contributed by atoms with van der Waals surface area (Å²) in [7, 11) is 0. The van der Waals surface area contributed by atoms with Gasteiger partial charge >= 0.3 is 0 Å². The van der Waals surface area contributed by atoms with Gasteiger partial charge in [0.1, 0.15) is 0 Å². The maximum Gasteiger partial charge on any atom is 0.232 e. The normalized spacial score (nSPS) is 23.3. The molecule has 2 aromatic heterocycles. The molecule has 102 valence electrons. The Balaban J connectivity index is 1.74. The molecular formula is C14H18N2O2S. The largest absolute Gasteiger partial charge is 0.377 e. The van der Waals surface area contributed by atoms with Gasteiger partial charge < -0.3 is 9.26 Å². The zero-order valence-corrected chi connectivity index (χ0v) is 12.0. The number of hydrogen-bond acceptors (Lipinski definition) is 5. The lowest BCUT2D eigenvalue weighted by atomic mass is 9.93. The number of aromatic nitrogens is 2. The number of ether oxygens (including phenoxy) is 1. The Morgan fingerprint density at radius 1 is 1.47 bits per heavy atom. The molecule has 2 unspecified atom stereocenters. The Morgan fingerprint density at radius 2 is 2.37 bits per heavy atom. The minimum Gasteiger partial charge on any atom is -0.377 e. The fraction of sp³-hybridized carbons (Fsp3) is 0.571. The average molecular weight is 278 g/mol. The van der Waals surface area contributed by atoms with Crippen molar-refractivity contribution >= 4 is 11.3 Å². The van der Waals surface area contributed by atoms with Gasteiger partial charge in [0.05, 0.1) is 12.0 Å². The van der Waals surface area contributed by atoms with Gasteiger partial charge in [0.25, 0.3) is 0 Å². The van der Waals surface area contributed by atoms with Crippen molar-refractivity contribution < 1.29 is 9.26 Å². The average Bonchev–Trinajstić information content (AvgIpc) is 3.09. The molecule has 1 saturated heterocycles. The lowest BCUT2D eigenvalue weighted by Gasteiger charge is -2.18. The van der Waals surface area contributed by atoms with Crippen molar-refractivity contribution in [3.05, 3.63) is 34.1 Å². The smallest absolute Gasteiger partial charge is 0.232 e. The fourth-order valence-electron chi connectivity index (χ4n) is 2.59. The maximum absolute atomic E-state index is 5.77. The highest BCUT2D eigenvalue weighted by molar-refractivity contribution is 7.09. The zero-order valence-electron chi connectivity index (χ0n) is 11.2. The van der Waals surface area contributed by atoms with E-state index in [2.05, 4.69) is 35.4 Å². The molecular weight excluding hydrogens is 260 g/mol. The van der Waals surface area contributed by atoms with E-state index in [1.165, 1.54) is 4.88 Å².